The van der Waals surface area contributed by atoms with Gasteiger partial charge in [-0.2, -0.15) is 5.10 Å². The Labute approximate surface area is 84.1 Å². The van der Waals surface area contributed by atoms with Crippen molar-refractivity contribution in [2.24, 2.45) is 18.7 Å². The smallest absolute Gasteiger partial charge is 0.129 e. The minimum Gasteiger partial charge on any atom is -0.328 e. The van der Waals surface area contributed by atoms with Crippen LogP contribution in [0.25, 0.3) is 0 Å². The van der Waals surface area contributed by atoms with E-state index in [2.05, 4.69) is 5.10 Å². The average molecular weight is 199 g/mol. The van der Waals surface area contributed by atoms with E-state index >= 15 is 0 Å². The Morgan fingerprint density at radius 1 is 1.64 bits per heavy atom. The first kappa shape index (κ1) is 11.2. The molecular weight excluding hydrogens is 181 g/mol. The van der Waals surface area contributed by atoms with Gasteiger partial charge in [-0.15, -0.1) is 0 Å². The summed E-state index contributed by atoms with van der Waals surface area (Å²) in [7, 11) is 1.82. The summed E-state index contributed by atoms with van der Waals surface area (Å²) in [6.45, 7) is 3.76. The van der Waals surface area contributed by atoms with Crippen LogP contribution in [0, 0.1) is 5.92 Å². The normalized spacial score (nSPS) is 15.9. The van der Waals surface area contributed by atoms with Crippen LogP contribution in [0.15, 0.2) is 12.4 Å². The average Bonchev–Trinajstić information content (AvgIpc) is 2.50. The Morgan fingerprint density at radius 3 is 2.64 bits per heavy atom. The number of nitrogens with two attached hydrogens (primary N) is 1. The molecule has 1 aromatic rings. The van der Waals surface area contributed by atoms with Gasteiger partial charge in [0.25, 0.3) is 0 Å². The Morgan fingerprint density at radius 2 is 2.29 bits per heavy atom. The van der Waals surface area contributed by atoms with Gasteiger partial charge in [-0.05, 0) is 11.5 Å². The molecule has 1 rings (SSSR count). The summed E-state index contributed by atoms with van der Waals surface area (Å²) >= 11 is 0. The van der Waals surface area contributed by atoms with Crippen LogP contribution < -0.4 is 5.73 Å². The SMILES string of the molecule is CC(C)C(F)(CN)Cc1cnn(C)c1. The standard InChI is InChI=1S/C10H18FN3/c1-8(2)10(11,7-12)4-9-5-13-14(3)6-9/h5-6,8H,4,7,12H2,1-3H3. The molecule has 4 heteroatoms. The maximum atomic E-state index is 14.2. The second-order valence-corrected chi connectivity index (χ2v) is 4.09. The van der Waals surface area contributed by atoms with E-state index in [1.165, 1.54) is 0 Å². The molecule has 80 valence electrons. The van der Waals surface area contributed by atoms with E-state index in [4.69, 9.17) is 5.73 Å². The van der Waals surface area contributed by atoms with Crippen LogP contribution in [0.4, 0.5) is 4.39 Å². The fourth-order valence-corrected chi connectivity index (χ4v) is 1.41. The Balaban J connectivity index is 2.75. The fourth-order valence-electron chi connectivity index (χ4n) is 1.41. The lowest BCUT2D eigenvalue weighted by Crippen LogP contribution is -2.40. The molecular formula is C10H18FN3. The molecule has 0 bridgehead atoms. The summed E-state index contributed by atoms with van der Waals surface area (Å²) in [6, 6.07) is 0. The number of aromatic nitrogens is 2. The molecule has 14 heavy (non-hydrogen) atoms. The van der Waals surface area contributed by atoms with Gasteiger partial charge in [0.1, 0.15) is 5.67 Å². The first-order chi connectivity index (χ1) is 6.48. The maximum Gasteiger partial charge on any atom is 0.129 e. The predicted molar refractivity (Wildman–Crippen MR) is 54.6 cm³/mol. The van der Waals surface area contributed by atoms with Crippen molar-refractivity contribution in [3.8, 4) is 0 Å². The molecule has 1 atom stereocenters. The molecule has 2 N–H and O–H groups in total. The van der Waals surface area contributed by atoms with Crippen LogP contribution in [-0.2, 0) is 13.5 Å². The molecule has 0 aliphatic heterocycles. The van der Waals surface area contributed by atoms with Crippen molar-refractivity contribution in [1.82, 2.24) is 9.78 Å². The Hall–Kier alpha value is -0.900. The minimum atomic E-state index is -1.32. The predicted octanol–water partition coefficient (Wildman–Crippen LogP) is 1.29. The van der Waals surface area contributed by atoms with E-state index in [9.17, 15) is 4.39 Å². The highest BCUT2D eigenvalue weighted by atomic mass is 19.1. The molecule has 0 aliphatic carbocycles. The quantitative estimate of drug-likeness (QED) is 0.794. The van der Waals surface area contributed by atoms with E-state index in [-0.39, 0.29) is 12.5 Å². The van der Waals surface area contributed by atoms with Crippen molar-refractivity contribution in [2.45, 2.75) is 25.9 Å². The minimum absolute atomic E-state index is 0.0551. The van der Waals surface area contributed by atoms with Gasteiger partial charge in [0.2, 0.25) is 0 Å². The molecule has 0 amide bonds. The van der Waals surface area contributed by atoms with Gasteiger partial charge in [0, 0.05) is 26.2 Å². The van der Waals surface area contributed by atoms with Gasteiger partial charge in [0.05, 0.1) is 6.20 Å². The summed E-state index contributed by atoms with van der Waals surface area (Å²) in [5.41, 5.74) is 5.04. The molecule has 1 heterocycles. The molecule has 0 radical (unpaired) electrons. The van der Waals surface area contributed by atoms with E-state index in [0.29, 0.717) is 6.42 Å². The molecule has 0 spiro atoms. The zero-order valence-corrected chi connectivity index (χ0v) is 9.00. The van der Waals surface area contributed by atoms with E-state index in [1.807, 2.05) is 27.1 Å². The maximum absolute atomic E-state index is 14.2. The second kappa shape index (κ2) is 4.09. The summed E-state index contributed by atoms with van der Waals surface area (Å²) in [5, 5.41) is 4.00. The number of alkyl halides is 1. The van der Waals surface area contributed by atoms with Crippen LogP contribution >= 0.6 is 0 Å². The lowest BCUT2D eigenvalue weighted by Gasteiger charge is -2.27. The monoisotopic (exact) mass is 199 g/mol. The zero-order chi connectivity index (χ0) is 10.8. The van der Waals surface area contributed by atoms with Crippen LogP contribution in [0.3, 0.4) is 0 Å². The van der Waals surface area contributed by atoms with Crippen LogP contribution in [-0.4, -0.2) is 22.0 Å². The third kappa shape index (κ3) is 2.32. The van der Waals surface area contributed by atoms with Crippen molar-refractivity contribution < 1.29 is 4.39 Å². The van der Waals surface area contributed by atoms with Gasteiger partial charge in [0.15, 0.2) is 0 Å². The number of halogens is 1. The lowest BCUT2D eigenvalue weighted by atomic mass is 9.87. The number of hydrogen-bond donors (Lipinski definition) is 1. The van der Waals surface area contributed by atoms with Crippen molar-refractivity contribution in [3.63, 3.8) is 0 Å². The summed E-state index contributed by atoms with van der Waals surface area (Å²) < 4.78 is 15.8. The third-order valence-corrected chi connectivity index (χ3v) is 2.63. The summed E-state index contributed by atoms with van der Waals surface area (Å²) in [6.07, 6.45) is 3.85. The van der Waals surface area contributed by atoms with Gasteiger partial charge in [-0.1, -0.05) is 13.8 Å². The molecule has 0 fully saturated rings. The van der Waals surface area contributed by atoms with Crippen LogP contribution in [0.5, 0.6) is 0 Å². The fraction of sp³-hybridized carbons (Fsp3) is 0.700. The number of nitrogens with zero attached hydrogens (tertiary/aromatic N) is 2. The Kier molecular flexibility index (Phi) is 3.26. The first-order valence-electron chi connectivity index (χ1n) is 4.84. The van der Waals surface area contributed by atoms with Gasteiger partial charge in [-0.3, -0.25) is 4.68 Å². The van der Waals surface area contributed by atoms with Crippen molar-refractivity contribution in [2.75, 3.05) is 6.54 Å². The number of rotatable bonds is 4. The highest BCUT2D eigenvalue weighted by Crippen LogP contribution is 2.25. The van der Waals surface area contributed by atoms with Gasteiger partial charge < -0.3 is 5.73 Å². The molecule has 1 aromatic heterocycles. The molecule has 3 nitrogen and oxygen atoms in total. The lowest BCUT2D eigenvalue weighted by molar-refractivity contribution is 0.110. The van der Waals surface area contributed by atoms with E-state index < -0.39 is 5.67 Å². The molecule has 1 unspecified atom stereocenters. The number of hydrogen-bond acceptors (Lipinski definition) is 2. The van der Waals surface area contributed by atoms with E-state index in [0.717, 1.165) is 5.56 Å². The first-order valence-corrected chi connectivity index (χ1v) is 4.84. The van der Waals surface area contributed by atoms with Crippen molar-refractivity contribution in [1.29, 1.82) is 0 Å². The van der Waals surface area contributed by atoms with Crippen LogP contribution in [0.1, 0.15) is 19.4 Å². The molecule has 0 aliphatic rings. The van der Waals surface area contributed by atoms with Crippen molar-refractivity contribution in [3.05, 3.63) is 18.0 Å². The molecule has 0 saturated carbocycles. The highest BCUT2D eigenvalue weighted by Gasteiger charge is 2.32. The second-order valence-electron chi connectivity index (χ2n) is 4.09. The number of aryl methyl sites for hydroxylation is 1. The topological polar surface area (TPSA) is 43.8 Å². The largest absolute Gasteiger partial charge is 0.328 e. The molecule has 0 saturated heterocycles. The Bertz CT molecular complexity index is 295. The zero-order valence-electron chi connectivity index (χ0n) is 9.00. The highest BCUT2D eigenvalue weighted by molar-refractivity contribution is 5.09. The van der Waals surface area contributed by atoms with Crippen LogP contribution in [0.2, 0.25) is 0 Å². The summed E-state index contributed by atoms with van der Waals surface area (Å²) in [5.74, 6) is -0.0762. The van der Waals surface area contributed by atoms with Gasteiger partial charge in [-0.25, -0.2) is 4.39 Å². The third-order valence-electron chi connectivity index (χ3n) is 2.63. The van der Waals surface area contributed by atoms with E-state index in [1.54, 1.807) is 10.9 Å². The molecule has 0 aromatic carbocycles. The summed E-state index contributed by atoms with van der Waals surface area (Å²) in [4.78, 5) is 0. The van der Waals surface area contributed by atoms with Crippen molar-refractivity contribution >= 4 is 0 Å². The van der Waals surface area contributed by atoms with Gasteiger partial charge >= 0.3 is 0 Å².